The van der Waals surface area contributed by atoms with E-state index in [9.17, 15) is 4.79 Å². The highest BCUT2D eigenvalue weighted by atomic mass is 32.1. The Bertz CT molecular complexity index is 600. The number of benzene rings is 1. The molecule has 1 unspecified atom stereocenters. The van der Waals surface area contributed by atoms with Crippen LogP contribution in [0.1, 0.15) is 22.2 Å². The number of esters is 1. The Labute approximate surface area is 103 Å². The van der Waals surface area contributed by atoms with E-state index in [2.05, 4.69) is 0 Å². The fraction of sp³-hybridized carbons (Fsp3) is 0.308. The van der Waals surface area contributed by atoms with Gasteiger partial charge in [-0.25, -0.2) is 4.79 Å². The molecule has 2 heterocycles. The first-order valence-electron chi connectivity index (χ1n) is 5.50. The van der Waals surface area contributed by atoms with Crippen molar-refractivity contribution in [2.75, 3.05) is 7.11 Å². The number of cyclic esters (lactones) is 1. The average Bonchev–Trinajstić information content (AvgIpc) is 2.68. The van der Waals surface area contributed by atoms with Crippen LogP contribution in [0, 0.1) is 0 Å². The lowest BCUT2D eigenvalue weighted by Crippen LogP contribution is -2.23. The van der Waals surface area contributed by atoms with Crippen molar-refractivity contribution in [2.24, 2.45) is 0 Å². The standard InChI is InChI=1S/C13H12O3S/c1-7-6-8-11-9(15-2)4-3-5-10(11)17-12(8)13(14)16-7/h3-5,7H,6H2,1-2H3. The van der Waals surface area contributed by atoms with E-state index in [1.54, 1.807) is 7.11 Å². The van der Waals surface area contributed by atoms with Crippen LogP contribution >= 0.6 is 11.3 Å². The highest BCUT2D eigenvalue weighted by molar-refractivity contribution is 7.21. The number of methoxy groups -OCH3 is 1. The van der Waals surface area contributed by atoms with Crippen molar-refractivity contribution in [3.8, 4) is 5.75 Å². The number of rotatable bonds is 1. The molecule has 0 saturated heterocycles. The van der Waals surface area contributed by atoms with Crippen molar-refractivity contribution >= 4 is 27.4 Å². The quantitative estimate of drug-likeness (QED) is 0.728. The SMILES string of the molecule is COc1cccc2sc3c(c12)CC(C)OC3=O. The van der Waals surface area contributed by atoms with Crippen LogP contribution < -0.4 is 4.74 Å². The van der Waals surface area contributed by atoms with Crippen molar-refractivity contribution in [3.05, 3.63) is 28.6 Å². The normalized spacial score (nSPS) is 18.9. The molecule has 0 amide bonds. The molecule has 0 bridgehead atoms. The first-order valence-corrected chi connectivity index (χ1v) is 6.31. The van der Waals surface area contributed by atoms with Crippen LogP contribution in [0.2, 0.25) is 0 Å². The second-order valence-corrected chi connectivity index (χ2v) is 5.22. The van der Waals surface area contributed by atoms with Gasteiger partial charge in [-0.3, -0.25) is 0 Å². The van der Waals surface area contributed by atoms with Crippen LogP contribution in [0.3, 0.4) is 0 Å². The molecule has 0 fully saturated rings. The Balaban J connectivity index is 2.33. The summed E-state index contributed by atoms with van der Waals surface area (Å²) in [5.41, 5.74) is 1.08. The highest BCUT2D eigenvalue weighted by Crippen LogP contribution is 2.40. The lowest BCUT2D eigenvalue weighted by Gasteiger charge is -2.19. The molecular formula is C13H12O3S. The van der Waals surface area contributed by atoms with E-state index < -0.39 is 0 Å². The fourth-order valence-electron chi connectivity index (χ4n) is 2.27. The van der Waals surface area contributed by atoms with Gasteiger partial charge in [0.05, 0.1) is 7.11 Å². The van der Waals surface area contributed by atoms with Crippen molar-refractivity contribution < 1.29 is 14.3 Å². The number of hydrogen-bond acceptors (Lipinski definition) is 4. The van der Waals surface area contributed by atoms with E-state index in [1.165, 1.54) is 11.3 Å². The van der Waals surface area contributed by atoms with Crippen LogP contribution in [-0.2, 0) is 11.2 Å². The molecule has 0 N–H and O–H groups in total. The molecule has 1 aliphatic rings. The van der Waals surface area contributed by atoms with Gasteiger partial charge in [0.25, 0.3) is 0 Å². The maximum absolute atomic E-state index is 11.8. The molecule has 0 aliphatic carbocycles. The Morgan fingerprint density at radius 2 is 2.29 bits per heavy atom. The molecule has 0 spiro atoms. The number of thiophene rings is 1. The van der Waals surface area contributed by atoms with Crippen LogP contribution in [0.25, 0.3) is 10.1 Å². The molecule has 0 radical (unpaired) electrons. The molecule has 1 atom stereocenters. The third-order valence-corrected chi connectivity index (χ3v) is 4.16. The van der Waals surface area contributed by atoms with Crippen LogP contribution in [0.4, 0.5) is 0 Å². The second kappa shape index (κ2) is 3.74. The summed E-state index contributed by atoms with van der Waals surface area (Å²) in [5, 5.41) is 1.07. The lowest BCUT2D eigenvalue weighted by atomic mass is 10.0. The van der Waals surface area contributed by atoms with E-state index in [1.807, 2.05) is 25.1 Å². The van der Waals surface area contributed by atoms with Gasteiger partial charge in [-0.05, 0) is 24.6 Å². The van der Waals surface area contributed by atoms with Gasteiger partial charge in [0.15, 0.2) is 0 Å². The van der Waals surface area contributed by atoms with E-state index in [0.29, 0.717) is 0 Å². The van der Waals surface area contributed by atoms with E-state index in [0.717, 1.165) is 32.7 Å². The first kappa shape index (κ1) is 10.6. The minimum atomic E-state index is -0.206. The minimum absolute atomic E-state index is 0.0577. The third kappa shape index (κ3) is 1.52. The van der Waals surface area contributed by atoms with E-state index in [4.69, 9.17) is 9.47 Å². The zero-order chi connectivity index (χ0) is 12.0. The van der Waals surface area contributed by atoms with Gasteiger partial charge in [0.2, 0.25) is 0 Å². The van der Waals surface area contributed by atoms with Gasteiger partial charge in [0, 0.05) is 16.5 Å². The molecule has 88 valence electrons. The van der Waals surface area contributed by atoms with Gasteiger partial charge in [-0.2, -0.15) is 0 Å². The van der Waals surface area contributed by atoms with Crippen LogP contribution in [-0.4, -0.2) is 19.2 Å². The predicted molar refractivity (Wildman–Crippen MR) is 67.0 cm³/mol. The van der Waals surface area contributed by atoms with Gasteiger partial charge >= 0.3 is 5.97 Å². The molecule has 1 aromatic carbocycles. The smallest absolute Gasteiger partial charge is 0.348 e. The summed E-state index contributed by atoms with van der Waals surface area (Å²) in [6.45, 7) is 1.92. The van der Waals surface area contributed by atoms with Crippen molar-refractivity contribution in [2.45, 2.75) is 19.4 Å². The Morgan fingerprint density at radius 3 is 3.06 bits per heavy atom. The fourth-order valence-corrected chi connectivity index (χ4v) is 3.41. The van der Waals surface area contributed by atoms with Gasteiger partial charge in [-0.15, -0.1) is 11.3 Å². The number of carbonyl (C=O) groups is 1. The molecule has 1 aliphatic heterocycles. The number of ether oxygens (including phenoxy) is 2. The first-order chi connectivity index (χ1) is 8.20. The molecule has 0 saturated carbocycles. The zero-order valence-corrected chi connectivity index (χ0v) is 10.5. The van der Waals surface area contributed by atoms with Gasteiger partial charge in [-0.1, -0.05) is 6.07 Å². The Morgan fingerprint density at radius 1 is 1.47 bits per heavy atom. The van der Waals surface area contributed by atoms with Gasteiger partial charge in [0.1, 0.15) is 16.7 Å². The summed E-state index contributed by atoms with van der Waals surface area (Å²) in [7, 11) is 1.66. The summed E-state index contributed by atoms with van der Waals surface area (Å²) in [4.78, 5) is 12.5. The van der Waals surface area contributed by atoms with Crippen LogP contribution in [0.15, 0.2) is 18.2 Å². The average molecular weight is 248 g/mol. The maximum Gasteiger partial charge on any atom is 0.348 e. The summed E-state index contributed by atoms with van der Waals surface area (Å²) < 4.78 is 11.7. The second-order valence-electron chi connectivity index (χ2n) is 4.16. The zero-order valence-electron chi connectivity index (χ0n) is 9.65. The molecule has 3 nitrogen and oxygen atoms in total. The topological polar surface area (TPSA) is 35.5 Å². The lowest BCUT2D eigenvalue weighted by molar-refractivity contribution is 0.0311. The van der Waals surface area contributed by atoms with Gasteiger partial charge < -0.3 is 9.47 Å². The predicted octanol–water partition coefficient (Wildman–Crippen LogP) is 3.01. The molecule has 4 heteroatoms. The minimum Gasteiger partial charge on any atom is -0.496 e. The summed E-state index contributed by atoms with van der Waals surface area (Å²) in [5.74, 6) is 0.629. The van der Waals surface area contributed by atoms with E-state index >= 15 is 0 Å². The number of fused-ring (bicyclic) bond motifs is 3. The Kier molecular flexibility index (Phi) is 2.33. The number of hydrogen-bond donors (Lipinski definition) is 0. The van der Waals surface area contributed by atoms with E-state index in [-0.39, 0.29) is 12.1 Å². The monoisotopic (exact) mass is 248 g/mol. The Hall–Kier alpha value is -1.55. The summed E-state index contributed by atoms with van der Waals surface area (Å²) >= 11 is 1.48. The largest absolute Gasteiger partial charge is 0.496 e. The van der Waals surface area contributed by atoms with Crippen molar-refractivity contribution in [3.63, 3.8) is 0 Å². The van der Waals surface area contributed by atoms with Crippen molar-refractivity contribution in [1.82, 2.24) is 0 Å². The molecule has 1 aromatic heterocycles. The molecular weight excluding hydrogens is 236 g/mol. The number of carbonyl (C=O) groups excluding carboxylic acids is 1. The molecule has 3 rings (SSSR count). The van der Waals surface area contributed by atoms with Crippen LogP contribution in [0.5, 0.6) is 5.75 Å². The third-order valence-electron chi connectivity index (χ3n) is 2.98. The summed E-state index contributed by atoms with van der Waals surface area (Å²) in [6.07, 6.45) is 0.708. The molecule has 17 heavy (non-hydrogen) atoms. The maximum atomic E-state index is 11.8. The van der Waals surface area contributed by atoms with Crippen molar-refractivity contribution in [1.29, 1.82) is 0 Å². The highest BCUT2D eigenvalue weighted by Gasteiger charge is 2.29. The summed E-state index contributed by atoms with van der Waals surface area (Å²) in [6, 6.07) is 5.89. The molecule has 2 aromatic rings.